The van der Waals surface area contributed by atoms with Crippen LogP contribution in [0.1, 0.15) is 19.8 Å². The number of anilines is 2. The van der Waals surface area contributed by atoms with Crippen LogP contribution < -0.4 is 10.2 Å². The van der Waals surface area contributed by atoms with E-state index in [1.54, 1.807) is 11.8 Å². The quantitative estimate of drug-likeness (QED) is 0.599. The Hall–Kier alpha value is -1.63. The van der Waals surface area contributed by atoms with Crippen LogP contribution >= 0.6 is 11.6 Å². The summed E-state index contributed by atoms with van der Waals surface area (Å²) in [6.07, 6.45) is 1.000. The van der Waals surface area contributed by atoms with Crippen molar-refractivity contribution in [3.05, 3.63) is 5.28 Å². The molecule has 1 rings (SSSR count). The summed E-state index contributed by atoms with van der Waals surface area (Å²) in [5.74, 6) is 0.674. The second-order valence-electron chi connectivity index (χ2n) is 3.96. The molecule has 0 aliphatic carbocycles. The molecule has 0 aliphatic rings. The lowest BCUT2D eigenvalue weighted by atomic mass is 10.3. The number of carbonyl (C=O) groups is 1. The van der Waals surface area contributed by atoms with Gasteiger partial charge in [0.2, 0.25) is 17.2 Å². The SMILES string of the molecule is CCOC(=O)CCCNc1nc(Cl)nc(N(C)C)n1. The number of esters is 1. The highest BCUT2D eigenvalue weighted by Crippen LogP contribution is 2.11. The van der Waals surface area contributed by atoms with Crippen LogP contribution in [0.3, 0.4) is 0 Å². The zero-order chi connectivity index (χ0) is 14.3. The van der Waals surface area contributed by atoms with E-state index in [1.807, 2.05) is 14.1 Å². The third-order valence-corrected chi connectivity index (χ3v) is 2.31. The van der Waals surface area contributed by atoms with Crippen LogP contribution in [0, 0.1) is 0 Å². The molecule has 8 heteroatoms. The Bertz CT molecular complexity index is 428. The lowest BCUT2D eigenvalue weighted by molar-refractivity contribution is -0.143. The highest BCUT2D eigenvalue weighted by atomic mass is 35.5. The molecule has 106 valence electrons. The number of carbonyl (C=O) groups excluding carboxylic acids is 1. The van der Waals surface area contributed by atoms with Crippen LogP contribution in [0.2, 0.25) is 5.28 Å². The van der Waals surface area contributed by atoms with E-state index in [4.69, 9.17) is 16.3 Å². The third-order valence-electron chi connectivity index (χ3n) is 2.14. The molecule has 0 radical (unpaired) electrons. The lowest BCUT2D eigenvalue weighted by Gasteiger charge is -2.11. The summed E-state index contributed by atoms with van der Waals surface area (Å²) in [5, 5.41) is 3.13. The van der Waals surface area contributed by atoms with E-state index < -0.39 is 0 Å². The van der Waals surface area contributed by atoms with Crippen LogP contribution in [0.15, 0.2) is 0 Å². The van der Waals surface area contributed by atoms with Crippen LogP contribution in [0.5, 0.6) is 0 Å². The summed E-state index contributed by atoms with van der Waals surface area (Å²) in [4.78, 5) is 25.0. The van der Waals surface area contributed by atoms with Gasteiger partial charge in [-0.25, -0.2) is 0 Å². The molecule has 1 aromatic heterocycles. The van der Waals surface area contributed by atoms with Crippen molar-refractivity contribution in [3.63, 3.8) is 0 Å². The van der Waals surface area contributed by atoms with Crippen LogP contribution in [-0.4, -0.2) is 48.2 Å². The molecule has 0 bridgehead atoms. The average molecular weight is 288 g/mol. The predicted molar refractivity (Wildman–Crippen MR) is 73.5 cm³/mol. The van der Waals surface area contributed by atoms with Gasteiger partial charge in [0.15, 0.2) is 0 Å². The van der Waals surface area contributed by atoms with E-state index in [2.05, 4.69) is 20.3 Å². The number of hydrogen-bond acceptors (Lipinski definition) is 7. The average Bonchev–Trinajstić information content (AvgIpc) is 2.34. The molecule has 0 aliphatic heterocycles. The van der Waals surface area contributed by atoms with Gasteiger partial charge in [0.1, 0.15) is 0 Å². The van der Waals surface area contributed by atoms with Crippen molar-refractivity contribution in [3.8, 4) is 0 Å². The molecular formula is C11H18ClN5O2. The monoisotopic (exact) mass is 287 g/mol. The minimum atomic E-state index is -0.202. The standard InChI is InChI=1S/C11H18ClN5O2/c1-4-19-8(18)6-5-7-13-10-14-9(12)15-11(16-10)17(2)3/h4-7H2,1-3H3,(H,13,14,15,16). The van der Waals surface area contributed by atoms with Gasteiger partial charge in [0.05, 0.1) is 6.61 Å². The lowest BCUT2D eigenvalue weighted by Crippen LogP contribution is -2.16. The fourth-order valence-electron chi connectivity index (χ4n) is 1.28. The van der Waals surface area contributed by atoms with Crippen molar-refractivity contribution in [1.29, 1.82) is 0 Å². The predicted octanol–water partition coefficient (Wildman–Crippen LogP) is 1.35. The number of hydrogen-bond donors (Lipinski definition) is 1. The minimum Gasteiger partial charge on any atom is -0.466 e. The van der Waals surface area contributed by atoms with Gasteiger partial charge in [0.25, 0.3) is 0 Å². The third kappa shape index (κ3) is 5.69. The molecule has 0 spiro atoms. The van der Waals surface area contributed by atoms with Crippen molar-refractivity contribution in [2.75, 3.05) is 37.5 Å². The molecule has 0 aromatic carbocycles. The molecule has 1 N–H and O–H groups in total. The summed E-state index contributed by atoms with van der Waals surface area (Å²) in [6, 6.07) is 0. The van der Waals surface area contributed by atoms with Crippen LogP contribution in [-0.2, 0) is 9.53 Å². The highest BCUT2D eigenvalue weighted by molar-refractivity contribution is 6.28. The molecule has 7 nitrogen and oxygen atoms in total. The van der Waals surface area contributed by atoms with Gasteiger partial charge in [-0.05, 0) is 24.9 Å². The number of halogens is 1. The normalized spacial score (nSPS) is 10.1. The van der Waals surface area contributed by atoms with Gasteiger partial charge in [0, 0.05) is 27.1 Å². The van der Waals surface area contributed by atoms with Crippen molar-refractivity contribution >= 4 is 29.5 Å². The molecule has 1 heterocycles. The number of nitrogens with one attached hydrogen (secondary N) is 1. The maximum atomic E-state index is 11.1. The Morgan fingerprint density at radius 1 is 1.37 bits per heavy atom. The van der Waals surface area contributed by atoms with E-state index >= 15 is 0 Å². The van der Waals surface area contributed by atoms with Gasteiger partial charge in [-0.3, -0.25) is 4.79 Å². The Balaban J connectivity index is 2.43. The molecular weight excluding hydrogens is 270 g/mol. The van der Waals surface area contributed by atoms with Crippen molar-refractivity contribution in [2.45, 2.75) is 19.8 Å². The van der Waals surface area contributed by atoms with Gasteiger partial charge >= 0.3 is 5.97 Å². The summed E-state index contributed by atoms with van der Waals surface area (Å²) in [6.45, 7) is 2.75. The van der Waals surface area contributed by atoms with E-state index in [0.717, 1.165) is 0 Å². The molecule has 0 saturated heterocycles. The molecule has 0 saturated carbocycles. The molecule has 0 unspecified atom stereocenters. The van der Waals surface area contributed by atoms with Gasteiger partial charge in [-0.1, -0.05) is 0 Å². The first-order valence-corrected chi connectivity index (χ1v) is 6.39. The van der Waals surface area contributed by atoms with Crippen molar-refractivity contribution < 1.29 is 9.53 Å². The molecule has 0 fully saturated rings. The van der Waals surface area contributed by atoms with Crippen molar-refractivity contribution in [2.24, 2.45) is 0 Å². The molecule has 19 heavy (non-hydrogen) atoms. The van der Waals surface area contributed by atoms with E-state index in [1.165, 1.54) is 0 Å². The van der Waals surface area contributed by atoms with Crippen molar-refractivity contribution in [1.82, 2.24) is 15.0 Å². The molecule has 0 atom stereocenters. The van der Waals surface area contributed by atoms with Crippen LogP contribution in [0.25, 0.3) is 0 Å². The minimum absolute atomic E-state index is 0.131. The van der Waals surface area contributed by atoms with E-state index in [-0.39, 0.29) is 11.3 Å². The fourth-order valence-corrected chi connectivity index (χ4v) is 1.44. The number of aromatic nitrogens is 3. The summed E-state index contributed by atoms with van der Waals surface area (Å²) < 4.78 is 4.83. The Kier molecular flexibility index (Phi) is 6.27. The number of rotatable bonds is 7. The van der Waals surface area contributed by atoms with Gasteiger partial charge in [-0.2, -0.15) is 15.0 Å². The van der Waals surface area contributed by atoms with Gasteiger partial charge < -0.3 is 15.0 Å². The second-order valence-corrected chi connectivity index (χ2v) is 4.30. The summed E-state index contributed by atoms with van der Waals surface area (Å²) >= 11 is 5.80. The highest BCUT2D eigenvalue weighted by Gasteiger charge is 2.06. The zero-order valence-electron chi connectivity index (χ0n) is 11.3. The van der Waals surface area contributed by atoms with E-state index in [9.17, 15) is 4.79 Å². The maximum absolute atomic E-state index is 11.1. The second kappa shape index (κ2) is 7.73. The zero-order valence-corrected chi connectivity index (χ0v) is 12.1. The molecule has 1 aromatic rings. The number of nitrogens with zero attached hydrogens (tertiary/aromatic N) is 4. The molecule has 0 amide bonds. The number of ether oxygens (including phenoxy) is 1. The summed E-state index contributed by atoms with van der Waals surface area (Å²) in [5.41, 5.74) is 0. The maximum Gasteiger partial charge on any atom is 0.305 e. The Labute approximate surface area is 117 Å². The fraction of sp³-hybridized carbons (Fsp3) is 0.636. The van der Waals surface area contributed by atoms with E-state index in [0.29, 0.717) is 37.9 Å². The topological polar surface area (TPSA) is 80.2 Å². The first-order valence-electron chi connectivity index (χ1n) is 6.01. The largest absolute Gasteiger partial charge is 0.466 e. The Morgan fingerprint density at radius 2 is 2.11 bits per heavy atom. The van der Waals surface area contributed by atoms with Gasteiger partial charge in [-0.15, -0.1) is 0 Å². The van der Waals surface area contributed by atoms with Crippen LogP contribution in [0.4, 0.5) is 11.9 Å². The summed E-state index contributed by atoms with van der Waals surface area (Å²) in [7, 11) is 3.63. The first kappa shape index (κ1) is 15.4. The smallest absolute Gasteiger partial charge is 0.305 e. The first-order chi connectivity index (χ1) is 9.02. The Morgan fingerprint density at radius 3 is 2.74 bits per heavy atom.